The van der Waals surface area contributed by atoms with Crippen molar-refractivity contribution in [2.24, 2.45) is 0 Å². The number of carbonyl (C=O) groups excluding carboxylic acids is 1. The number of carbonyl (C=O) groups is 1. The number of benzene rings is 2. The third kappa shape index (κ3) is 4.29. The number of rotatable bonds is 7. The molecule has 1 aliphatic rings. The molecule has 0 bridgehead atoms. The number of aromatic nitrogens is 1. The van der Waals surface area contributed by atoms with Crippen LogP contribution in [0.4, 0.5) is 10.1 Å². The highest BCUT2D eigenvalue weighted by molar-refractivity contribution is 7.91. The Bertz CT molecular complexity index is 1220. The summed E-state index contributed by atoms with van der Waals surface area (Å²) < 4.78 is 45.6. The van der Waals surface area contributed by atoms with Gasteiger partial charge in [0.15, 0.2) is 11.6 Å². The Morgan fingerprint density at radius 1 is 1.22 bits per heavy atom. The lowest BCUT2D eigenvalue weighted by atomic mass is 10.1. The van der Waals surface area contributed by atoms with Crippen LogP contribution in [-0.2, 0) is 27.6 Å². The van der Waals surface area contributed by atoms with E-state index in [0.717, 1.165) is 16.8 Å². The van der Waals surface area contributed by atoms with Gasteiger partial charge >= 0.3 is 0 Å². The predicted octanol–water partition coefficient (Wildman–Crippen LogP) is 3.11. The van der Waals surface area contributed by atoms with Gasteiger partial charge in [-0.1, -0.05) is 18.2 Å². The van der Waals surface area contributed by atoms with Crippen LogP contribution in [0.25, 0.3) is 0 Å². The van der Waals surface area contributed by atoms with Crippen LogP contribution in [0, 0.1) is 5.82 Å². The Kier molecular flexibility index (Phi) is 6.09. The number of fused-ring (bicyclic) bond motifs is 1. The molecule has 1 unspecified atom stereocenters. The second-order valence-electron chi connectivity index (χ2n) is 7.30. The summed E-state index contributed by atoms with van der Waals surface area (Å²) in [7, 11) is -4.06. The number of nitrogens with zero attached hydrogens (tertiary/aromatic N) is 1. The van der Waals surface area contributed by atoms with Gasteiger partial charge in [0.1, 0.15) is 10.9 Å². The number of amides is 1. The van der Waals surface area contributed by atoms with Crippen molar-refractivity contribution in [3.63, 3.8) is 0 Å². The number of ether oxygens (including phenoxy) is 1. The molecule has 2 heterocycles. The van der Waals surface area contributed by atoms with Crippen molar-refractivity contribution >= 4 is 21.4 Å². The second-order valence-corrected chi connectivity index (χ2v) is 9.22. The van der Waals surface area contributed by atoms with Gasteiger partial charge in [-0.15, -0.1) is 0 Å². The van der Waals surface area contributed by atoms with Crippen LogP contribution in [0.5, 0.6) is 5.75 Å². The highest BCUT2D eigenvalue weighted by atomic mass is 32.2. The van der Waals surface area contributed by atoms with E-state index < -0.39 is 20.5 Å². The van der Waals surface area contributed by atoms with Crippen molar-refractivity contribution in [2.75, 3.05) is 11.9 Å². The van der Waals surface area contributed by atoms with Crippen molar-refractivity contribution in [3.05, 3.63) is 77.9 Å². The van der Waals surface area contributed by atoms with Gasteiger partial charge in [0.05, 0.1) is 11.5 Å². The van der Waals surface area contributed by atoms with E-state index in [2.05, 4.69) is 15.6 Å². The SMILES string of the molecule is CCOc1cccc(S(=O)(=O)c2ccc(CNC(=O)C3Cc4cnccc4N3)cc2)c1F. The van der Waals surface area contributed by atoms with Crippen LogP contribution in [0.1, 0.15) is 18.1 Å². The Labute approximate surface area is 185 Å². The summed E-state index contributed by atoms with van der Waals surface area (Å²) in [6, 6.07) is 11.5. The monoisotopic (exact) mass is 455 g/mol. The smallest absolute Gasteiger partial charge is 0.243 e. The molecule has 0 radical (unpaired) electrons. The van der Waals surface area contributed by atoms with Crippen LogP contribution in [-0.4, -0.2) is 32.0 Å². The maximum atomic E-state index is 14.6. The molecule has 3 aromatic rings. The van der Waals surface area contributed by atoms with Gasteiger partial charge in [-0.25, -0.2) is 12.8 Å². The summed E-state index contributed by atoms with van der Waals surface area (Å²) in [6.45, 7) is 2.15. The number of nitrogens with one attached hydrogen (secondary N) is 2. The zero-order valence-corrected chi connectivity index (χ0v) is 18.2. The van der Waals surface area contributed by atoms with E-state index in [1.165, 1.54) is 30.3 Å². The first kappa shape index (κ1) is 21.8. The van der Waals surface area contributed by atoms with E-state index in [9.17, 15) is 17.6 Å². The lowest BCUT2D eigenvalue weighted by molar-refractivity contribution is -0.121. The first-order valence-electron chi connectivity index (χ1n) is 10.1. The van der Waals surface area contributed by atoms with Crippen LogP contribution < -0.4 is 15.4 Å². The van der Waals surface area contributed by atoms with Gasteiger partial charge in [-0.05, 0) is 48.4 Å². The Morgan fingerprint density at radius 2 is 2.00 bits per heavy atom. The minimum atomic E-state index is -4.06. The van der Waals surface area contributed by atoms with Crippen LogP contribution in [0.3, 0.4) is 0 Å². The van der Waals surface area contributed by atoms with Gasteiger partial charge in [0.2, 0.25) is 15.7 Å². The summed E-state index contributed by atoms with van der Waals surface area (Å²) in [5, 5.41) is 6.01. The summed E-state index contributed by atoms with van der Waals surface area (Å²) in [4.78, 5) is 16.1. The topological polar surface area (TPSA) is 97.4 Å². The van der Waals surface area contributed by atoms with Crippen LogP contribution >= 0.6 is 0 Å². The number of halogens is 1. The molecule has 0 aliphatic carbocycles. The standard InChI is InChI=1S/C23H22FN3O4S/c1-2-31-20-4-3-5-21(22(20)24)32(29,30)17-8-6-15(7-9-17)13-26-23(28)19-12-16-14-25-11-10-18(16)27-19/h3-11,14,19,27H,2,12-13H2,1H3,(H,26,28). The van der Waals surface area contributed by atoms with Gasteiger partial charge in [-0.3, -0.25) is 9.78 Å². The third-order valence-corrected chi connectivity index (χ3v) is 6.98. The fourth-order valence-electron chi connectivity index (χ4n) is 3.54. The summed E-state index contributed by atoms with van der Waals surface area (Å²) in [5.41, 5.74) is 2.61. The minimum Gasteiger partial charge on any atom is -0.491 e. The molecule has 0 saturated heterocycles. The number of hydrogen-bond donors (Lipinski definition) is 2. The van der Waals surface area contributed by atoms with Gasteiger partial charge in [0.25, 0.3) is 0 Å². The van der Waals surface area contributed by atoms with E-state index in [-0.39, 0.29) is 35.7 Å². The van der Waals surface area contributed by atoms with E-state index in [0.29, 0.717) is 6.42 Å². The van der Waals surface area contributed by atoms with E-state index >= 15 is 0 Å². The van der Waals surface area contributed by atoms with E-state index in [4.69, 9.17) is 4.74 Å². The molecule has 0 spiro atoms. The normalized spacial score (nSPS) is 15.0. The largest absolute Gasteiger partial charge is 0.491 e. The number of hydrogen-bond acceptors (Lipinski definition) is 6. The molecule has 7 nitrogen and oxygen atoms in total. The Balaban J connectivity index is 1.42. The first-order chi connectivity index (χ1) is 15.4. The average Bonchev–Trinajstić information content (AvgIpc) is 3.24. The van der Waals surface area contributed by atoms with Crippen molar-refractivity contribution in [2.45, 2.75) is 35.7 Å². The summed E-state index contributed by atoms with van der Waals surface area (Å²) in [5.74, 6) is -1.18. The maximum Gasteiger partial charge on any atom is 0.243 e. The van der Waals surface area contributed by atoms with Crippen molar-refractivity contribution < 1.29 is 22.3 Å². The van der Waals surface area contributed by atoms with Crippen LogP contribution in [0.2, 0.25) is 0 Å². The lowest BCUT2D eigenvalue weighted by Crippen LogP contribution is -2.38. The highest BCUT2D eigenvalue weighted by Gasteiger charge is 2.27. The average molecular weight is 456 g/mol. The summed E-state index contributed by atoms with van der Waals surface area (Å²) in [6.07, 6.45) is 3.96. The zero-order valence-electron chi connectivity index (χ0n) is 17.3. The second kappa shape index (κ2) is 8.96. The highest BCUT2D eigenvalue weighted by Crippen LogP contribution is 2.29. The van der Waals surface area contributed by atoms with Gasteiger partial charge in [-0.2, -0.15) is 0 Å². The van der Waals surface area contributed by atoms with Gasteiger partial charge < -0.3 is 15.4 Å². The molecule has 1 aliphatic heterocycles. The zero-order chi connectivity index (χ0) is 22.7. The first-order valence-corrected chi connectivity index (χ1v) is 11.6. The minimum absolute atomic E-state index is 0.0412. The third-order valence-electron chi connectivity index (χ3n) is 5.19. The fraction of sp³-hybridized carbons (Fsp3) is 0.217. The molecule has 2 aromatic carbocycles. The molecule has 0 fully saturated rings. The molecule has 2 N–H and O–H groups in total. The maximum absolute atomic E-state index is 14.6. The Morgan fingerprint density at radius 3 is 2.72 bits per heavy atom. The molecule has 1 aromatic heterocycles. The number of anilines is 1. The Hall–Kier alpha value is -3.46. The lowest BCUT2D eigenvalue weighted by Gasteiger charge is -2.13. The molecule has 32 heavy (non-hydrogen) atoms. The van der Waals surface area contributed by atoms with Gasteiger partial charge in [0, 0.05) is 31.0 Å². The quantitative estimate of drug-likeness (QED) is 0.568. The molecule has 9 heteroatoms. The predicted molar refractivity (Wildman–Crippen MR) is 117 cm³/mol. The summed E-state index contributed by atoms with van der Waals surface area (Å²) >= 11 is 0. The molecule has 1 atom stereocenters. The molecular weight excluding hydrogens is 433 g/mol. The molecular formula is C23H22FN3O4S. The van der Waals surface area contributed by atoms with Crippen molar-refractivity contribution in [1.82, 2.24) is 10.3 Å². The molecule has 166 valence electrons. The van der Waals surface area contributed by atoms with Crippen LogP contribution in [0.15, 0.2) is 70.7 Å². The molecule has 4 rings (SSSR count). The van der Waals surface area contributed by atoms with Crippen molar-refractivity contribution in [3.8, 4) is 5.75 Å². The molecule has 1 amide bonds. The number of sulfone groups is 1. The fourth-order valence-corrected chi connectivity index (χ4v) is 4.88. The molecule has 0 saturated carbocycles. The van der Waals surface area contributed by atoms with Crippen molar-refractivity contribution in [1.29, 1.82) is 0 Å². The number of pyridine rings is 1. The van der Waals surface area contributed by atoms with E-state index in [1.54, 1.807) is 31.5 Å². The van der Waals surface area contributed by atoms with E-state index in [1.807, 2.05) is 6.07 Å².